The van der Waals surface area contributed by atoms with Gasteiger partial charge < -0.3 is 10.1 Å². The van der Waals surface area contributed by atoms with Crippen LogP contribution in [0, 0.1) is 0 Å². The van der Waals surface area contributed by atoms with Crippen molar-refractivity contribution in [3.63, 3.8) is 0 Å². The summed E-state index contributed by atoms with van der Waals surface area (Å²) in [7, 11) is -3.65. The van der Waals surface area contributed by atoms with Crippen LogP contribution in [0.15, 0.2) is 29.2 Å². The Hall–Kier alpha value is -1.44. The Morgan fingerprint density at radius 3 is 2.64 bits per heavy atom. The molecule has 0 spiro atoms. The molecule has 0 aliphatic carbocycles. The molecule has 2 rings (SSSR count). The number of primary sulfonamides is 1. The Kier molecular flexibility index (Phi) is 5.93. The standard InChI is InChI=1S/C15H22N2O4S/c16-22(19,20)14-6-3-12(4-7-14)9-10-17-15(18)8-5-13-2-1-11-21-13/h3-4,6-7,13H,1-2,5,8-11H2,(H,17,18)(H2,16,19,20)/t13-/m1/s1. The monoisotopic (exact) mass is 326 g/mol. The minimum Gasteiger partial charge on any atom is -0.378 e. The molecule has 1 aliphatic rings. The van der Waals surface area contributed by atoms with Crippen molar-refractivity contribution < 1.29 is 17.9 Å². The van der Waals surface area contributed by atoms with Gasteiger partial charge in [0.15, 0.2) is 0 Å². The summed E-state index contributed by atoms with van der Waals surface area (Å²) in [4.78, 5) is 11.8. The normalized spacial score (nSPS) is 18.3. The smallest absolute Gasteiger partial charge is 0.238 e. The Morgan fingerprint density at radius 1 is 1.32 bits per heavy atom. The molecular formula is C15H22N2O4S. The van der Waals surface area contributed by atoms with Gasteiger partial charge in [-0.25, -0.2) is 13.6 Å². The number of sulfonamides is 1. The van der Waals surface area contributed by atoms with E-state index in [9.17, 15) is 13.2 Å². The van der Waals surface area contributed by atoms with E-state index in [0.29, 0.717) is 19.4 Å². The summed E-state index contributed by atoms with van der Waals surface area (Å²) >= 11 is 0. The van der Waals surface area contributed by atoms with Crippen LogP contribution in [0.2, 0.25) is 0 Å². The van der Waals surface area contributed by atoms with Crippen LogP contribution in [-0.4, -0.2) is 33.6 Å². The number of hydrogen-bond donors (Lipinski definition) is 2. The second-order valence-corrected chi connectivity index (χ2v) is 7.02. The van der Waals surface area contributed by atoms with Gasteiger partial charge in [0, 0.05) is 19.6 Å². The molecule has 1 aromatic carbocycles. The highest BCUT2D eigenvalue weighted by molar-refractivity contribution is 7.89. The van der Waals surface area contributed by atoms with Gasteiger partial charge in [-0.2, -0.15) is 0 Å². The molecule has 0 radical (unpaired) electrons. The highest BCUT2D eigenvalue weighted by Gasteiger charge is 2.16. The van der Waals surface area contributed by atoms with E-state index in [4.69, 9.17) is 9.88 Å². The average Bonchev–Trinajstić information content (AvgIpc) is 2.98. The third kappa shape index (κ3) is 5.40. The molecule has 1 atom stereocenters. The fraction of sp³-hybridized carbons (Fsp3) is 0.533. The number of benzene rings is 1. The zero-order chi connectivity index (χ0) is 16.0. The number of hydrogen-bond acceptors (Lipinski definition) is 4. The minimum absolute atomic E-state index is 0.0247. The van der Waals surface area contributed by atoms with E-state index in [-0.39, 0.29) is 16.9 Å². The third-order valence-electron chi connectivity index (χ3n) is 3.71. The maximum absolute atomic E-state index is 11.7. The molecule has 22 heavy (non-hydrogen) atoms. The molecule has 1 aliphatic heterocycles. The summed E-state index contributed by atoms with van der Waals surface area (Å²) in [6.07, 6.45) is 4.27. The highest BCUT2D eigenvalue weighted by Crippen LogP contribution is 2.16. The van der Waals surface area contributed by atoms with Gasteiger partial charge in [-0.05, 0) is 43.4 Å². The van der Waals surface area contributed by atoms with Gasteiger partial charge in [0.25, 0.3) is 0 Å². The molecule has 0 unspecified atom stereocenters. The predicted octanol–water partition coefficient (Wildman–Crippen LogP) is 0.952. The first-order valence-electron chi connectivity index (χ1n) is 7.45. The van der Waals surface area contributed by atoms with E-state index >= 15 is 0 Å². The van der Waals surface area contributed by atoms with E-state index in [0.717, 1.165) is 31.4 Å². The van der Waals surface area contributed by atoms with Gasteiger partial charge in [-0.3, -0.25) is 4.79 Å². The molecule has 3 N–H and O–H groups in total. The van der Waals surface area contributed by atoms with Crippen LogP contribution in [0.5, 0.6) is 0 Å². The van der Waals surface area contributed by atoms with Gasteiger partial charge in [-0.1, -0.05) is 12.1 Å². The molecule has 7 heteroatoms. The summed E-state index contributed by atoms with van der Waals surface area (Å²) in [6.45, 7) is 1.33. The van der Waals surface area contributed by atoms with Crippen LogP contribution in [0.25, 0.3) is 0 Å². The van der Waals surface area contributed by atoms with Crippen LogP contribution >= 0.6 is 0 Å². The van der Waals surface area contributed by atoms with Crippen molar-refractivity contribution in [3.8, 4) is 0 Å². The topological polar surface area (TPSA) is 98.5 Å². The van der Waals surface area contributed by atoms with Gasteiger partial charge >= 0.3 is 0 Å². The lowest BCUT2D eigenvalue weighted by atomic mass is 10.1. The van der Waals surface area contributed by atoms with Crippen LogP contribution in [0.4, 0.5) is 0 Å². The molecule has 1 heterocycles. The summed E-state index contributed by atoms with van der Waals surface area (Å²) in [5, 5.41) is 7.90. The first kappa shape index (κ1) is 16.9. The SMILES string of the molecule is NS(=O)(=O)c1ccc(CCNC(=O)CC[C@H]2CCCO2)cc1. The molecule has 1 fully saturated rings. The third-order valence-corrected chi connectivity index (χ3v) is 4.63. The number of rotatable bonds is 7. The Labute approximate surface area is 131 Å². The van der Waals surface area contributed by atoms with Gasteiger partial charge in [0.05, 0.1) is 11.0 Å². The lowest BCUT2D eigenvalue weighted by Crippen LogP contribution is -2.26. The fourth-order valence-electron chi connectivity index (χ4n) is 2.44. The van der Waals surface area contributed by atoms with E-state index in [1.165, 1.54) is 12.1 Å². The van der Waals surface area contributed by atoms with Crippen LogP contribution in [-0.2, 0) is 26.0 Å². The second kappa shape index (κ2) is 7.71. The lowest BCUT2D eigenvalue weighted by Gasteiger charge is -2.09. The maximum atomic E-state index is 11.7. The van der Waals surface area contributed by atoms with Crippen molar-refractivity contribution in [2.45, 2.75) is 43.1 Å². The number of nitrogens with one attached hydrogen (secondary N) is 1. The Bertz CT molecular complexity index is 592. The summed E-state index contributed by atoms with van der Waals surface area (Å²) in [5.74, 6) is 0.0247. The molecule has 122 valence electrons. The zero-order valence-electron chi connectivity index (χ0n) is 12.5. The first-order chi connectivity index (χ1) is 10.4. The molecule has 1 saturated heterocycles. The van der Waals surface area contributed by atoms with Crippen molar-refractivity contribution in [2.24, 2.45) is 5.14 Å². The second-order valence-electron chi connectivity index (χ2n) is 5.46. The van der Waals surface area contributed by atoms with Crippen LogP contribution < -0.4 is 10.5 Å². The number of carbonyl (C=O) groups is 1. The predicted molar refractivity (Wildman–Crippen MR) is 82.7 cm³/mol. The molecule has 0 aromatic heterocycles. The molecule has 1 amide bonds. The summed E-state index contributed by atoms with van der Waals surface area (Å²) in [6, 6.07) is 6.37. The van der Waals surface area contributed by atoms with E-state index in [1.807, 2.05) is 0 Å². The van der Waals surface area contributed by atoms with Gasteiger partial charge in [-0.15, -0.1) is 0 Å². The molecule has 1 aromatic rings. The van der Waals surface area contributed by atoms with Crippen molar-refractivity contribution in [1.29, 1.82) is 0 Å². The summed E-state index contributed by atoms with van der Waals surface area (Å²) in [5.41, 5.74) is 0.951. The first-order valence-corrected chi connectivity index (χ1v) is 9.00. The number of nitrogens with two attached hydrogens (primary N) is 1. The Morgan fingerprint density at radius 2 is 2.05 bits per heavy atom. The van der Waals surface area contributed by atoms with Crippen molar-refractivity contribution in [1.82, 2.24) is 5.32 Å². The molecule has 0 saturated carbocycles. The average molecular weight is 326 g/mol. The number of ether oxygens (including phenoxy) is 1. The van der Waals surface area contributed by atoms with E-state index in [2.05, 4.69) is 5.32 Å². The Balaban J connectivity index is 1.68. The lowest BCUT2D eigenvalue weighted by molar-refractivity contribution is -0.121. The molecule has 0 bridgehead atoms. The fourth-order valence-corrected chi connectivity index (χ4v) is 2.96. The van der Waals surface area contributed by atoms with Crippen LogP contribution in [0.3, 0.4) is 0 Å². The number of amides is 1. The van der Waals surface area contributed by atoms with Crippen molar-refractivity contribution in [2.75, 3.05) is 13.2 Å². The molecule has 6 nitrogen and oxygen atoms in total. The summed E-state index contributed by atoms with van der Waals surface area (Å²) < 4.78 is 27.8. The van der Waals surface area contributed by atoms with E-state index in [1.54, 1.807) is 12.1 Å². The number of carbonyl (C=O) groups excluding carboxylic acids is 1. The zero-order valence-corrected chi connectivity index (χ0v) is 13.3. The highest BCUT2D eigenvalue weighted by atomic mass is 32.2. The van der Waals surface area contributed by atoms with Crippen molar-refractivity contribution in [3.05, 3.63) is 29.8 Å². The van der Waals surface area contributed by atoms with E-state index < -0.39 is 10.0 Å². The van der Waals surface area contributed by atoms with Gasteiger partial charge in [0.2, 0.25) is 15.9 Å². The quantitative estimate of drug-likeness (QED) is 0.779. The maximum Gasteiger partial charge on any atom is 0.238 e. The van der Waals surface area contributed by atoms with Crippen LogP contribution in [0.1, 0.15) is 31.2 Å². The van der Waals surface area contributed by atoms with Crippen molar-refractivity contribution >= 4 is 15.9 Å². The molecular weight excluding hydrogens is 304 g/mol. The van der Waals surface area contributed by atoms with Gasteiger partial charge in [0.1, 0.15) is 0 Å². The minimum atomic E-state index is -3.65. The largest absolute Gasteiger partial charge is 0.378 e.